The summed E-state index contributed by atoms with van der Waals surface area (Å²) in [6, 6.07) is 6.89. The van der Waals surface area contributed by atoms with Crippen LogP contribution in [0.2, 0.25) is 0 Å². The lowest BCUT2D eigenvalue weighted by Gasteiger charge is -2.16. The number of ether oxygens (including phenoxy) is 3. The molecule has 0 heterocycles. The van der Waals surface area contributed by atoms with Crippen LogP contribution < -0.4 is 15.4 Å². The van der Waals surface area contributed by atoms with Crippen LogP contribution in [0.3, 0.4) is 0 Å². The van der Waals surface area contributed by atoms with Crippen LogP contribution in [0, 0.1) is 34.3 Å². The minimum absolute atomic E-state index is 0.0917. The predicted molar refractivity (Wildman–Crippen MR) is 138 cm³/mol. The van der Waals surface area contributed by atoms with E-state index in [9.17, 15) is 9.59 Å². The molecule has 0 radical (unpaired) electrons. The van der Waals surface area contributed by atoms with Crippen LogP contribution in [0.25, 0.3) is 0 Å². The van der Waals surface area contributed by atoms with Gasteiger partial charge in [-0.15, -0.1) is 0 Å². The molecule has 0 aliphatic heterocycles. The third kappa shape index (κ3) is 15.7. The van der Waals surface area contributed by atoms with Gasteiger partial charge in [0.05, 0.1) is 19.8 Å². The van der Waals surface area contributed by atoms with Crippen LogP contribution in [0.4, 0.5) is 0 Å². The molecule has 0 saturated carbocycles. The fourth-order valence-corrected chi connectivity index (χ4v) is 3.15. The van der Waals surface area contributed by atoms with Crippen molar-refractivity contribution in [2.75, 3.05) is 39.5 Å². The van der Waals surface area contributed by atoms with Gasteiger partial charge in [-0.05, 0) is 48.7 Å². The first-order chi connectivity index (χ1) is 16.8. The molecule has 0 bridgehead atoms. The summed E-state index contributed by atoms with van der Waals surface area (Å²) in [5, 5.41) is 16.6. The number of nitrogens with one attached hydrogen (secondary N) is 2. The van der Waals surface area contributed by atoms with Gasteiger partial charge in [0.2, 0.25) is 5.91 Å². The Bertz CT molecular complexity index is 874. The number of hydrogen-bond donors (Lipinski definition) is 2. The Labute approximate surface area is 213 Å². The summed E-state index contributed by atoms with van der Waals surface area (Å²) in [5.41, 5.74) is -0.0310. The summed E-state index contributed by atoms with van der Waals surface area (Å²) >= 11 is 0.931. The van der Waals surface area contributed by atoms with E-state index in [-0.39, 0.29) is 50.7 Å². The Morgan fingerprint density at radius 1 is 1.14 bits per heavy atom. The molecule has 1 aromatic carbocycles. The number of carbonyl (C=O) groups is 2. The van der Waals surface area contributed by atoms with Gasteiger partial charge in [-0.1, -0.05) is 45.6 Å². The first kappa shape index (κ1) is 30.3. The first-order valence-electron chi connectivity index (χ1n) is 11.8. The van der Waals surface area contributed by atoms with Crippen LogP contribution in [0.5, 0.6) is 5.75 Å². The van der Waals surface area contributed by atoms with E-state index in [0.29, 0.717) is 23.8 Å². The summed E-state index contributed by atoms with van der Waals surface area (Å²) in [7, 11) is 0. The van der Waals surface area contributed by atoms with Gasteiger partial charge in [-0.25, -0.2) is 0 Å². The Morgan fingerprint density at radius 3 is 2.66 bits per heavy atom. The van der Waals surface area contributed by atoms with Gasteiger partial charge in [0, 0.05) is 18.0 Å². The standard InChI is InChI=1S/C26H37N3O5S/c1-20(2)8-6-12-28-24(30)17-32-14-15-33-25(35-19-27)18-34-23-11-5-10-22(16-23)26(31)29-13-7-9-21(3)4/h5,10-11,16,20-21,25H,7,9,12-15,17-18H2,1-4H3,(H,28,30)(H,29,31). The molecule has 0 spiro atoms. The number of thiocyanates is 1. The van der Waals surface area contributed by atoms with E-state index in [1.807, 2.05) is 19.2 Å². The van der Waals surface area contributed by atoms with Gasteiger partial charge in [-0.2, -0.15) is 5.26 Å². The number of carbonyl (C=O) groups excluding carboxylic acids is 2. The summed E-state index contributed by atoms with van der Waals surface area (Å²) in [5.74, 6) is 6.81. The fourth-order valence-electron chi connectivity index (χ4n) is 2.73. The van der Waals surface area contributed by atoms with Crippen molar-refractivity contribution in [2.24, 2.45) is 11.8 Å². The third-order valence-corrected chi connectivity index (χ3v) is 5.08. The fraction of sp³-hybridized carbons (Fsp3) is 0.577. The average Bonchev–Trinajstić information content (AvgIpc) is 2.82. The second-order valence-electron chi connectivity index (χ2n) is 8.45. The Hall–Kier alpha value is -2.72. The van der Waals surface area contributed by atoms with Gasteiger partial charge in [0.15, 0.2) is 5.44 Å². The van der Waals surface area contributed by atoms with Crippen LogP contribution >= 0.6 is 11.8 Å². The number of nitriles is 1. The van der Waals surface area contributed by atoms with Crippen LogP contribution in [-0.4, -0.2) is 56.8 Å². The molecule has 9 heteroatoms. The SMILES string of the molecule is CC(C)C#CCNC(=O)COCCOC(COc1cccc(C(=O)NCCCC(C)C)c1)SC#N. The van der Waals surface area contributed by atoms with Crippen molar-refractivity contribution in [2.45, 2.75) is 46.0 Å². The molecule has 8 nitrogen and oxygen atoms in total. The maximum absolute atomic E-state index is 12.3. The molecule has 2 N–H and O–H groups in total. The van der Waals surface area contributed by atoms with Crippen molar-refractivity contribution in [3.8, 4) is 23.0 Å². The molecule has 1 rings (SSSR count). The molecule has 0 saturated heterocycles. The predicted octanol–water partition coefficient (Wildman–Crippen LogP) is 3.58. The van der Waals surface area contributed by atoms with Crippen molar-refractivity contribution < 1.29 is 23.8 Å². The Balaban J connectivity index is 2.34. The number of nitrogens with zero attached hydrogens (tertiary/aromatic N) is 1. The number of rotatable bonds is 16. The minimum Gasteiger partial charge on any atom is -0.490 e. The second kappa shape index (κ2) is 18.6. The van der Waals surface area contributed by atoms with Gasteiger partial charge < -0.3 is 24.8 Å². The smallest absolute Gasteiger partial charge is 0.251 e. The lowest BCUT2D eigenvalue weighted by molar-refractivity contribution is -0.126. The Kier molecular flexibility index (Phi) is 16.1. The summed E-state index contributed by atoms with van der Waals surface area (Å²) < 4.78 is 16.7. The molecule has 0 aliphatic carbocycles. The Morgan fingerprint density at radius 2 is 1.94 bits per heavy atom. The molecule has 0 fully saturated rings. The highest BCUT2D eigenvalue weighted by molar-refractivity contribution is 8.04. The van der Waals surface area contributed by atoms with E-state index in [1.54, 1.807) is 24.3 Å². The monoisotopic (exact) mass is 503 g/mol. The molecule has 1 aromatic rings. The van der Waals surface area contributed by atoms with Crippen LogP contribution in [0.1, 0.15) is 50.9 Å². The zero-order valence-corrected chi connectivity index (χ0v) is 21.9. The first-order valence-corrected chi connectivity index (χ1v) is 12.7. The highest BCUT2D eigenvalue weighted by Gasteiger charge is 2.13. The van der Waals surface area contributed by atoms with E-state index >= 15 is 0 Å². The molecule has 192 valence electrons. The lowest BCUT2D eigenvalue weighted by atomic mass is 10.1. The maximum atomic E-state index is 12.3. The normalized spacial score (nSPS) is 11.3. The van der Waals surface area contributed by atoms with Crippen molar-refractivity contribution in [3.05, 3.63) is 29.8 Å². The van der Waals surface area contributed by atoms with Crippen molar-refractivity contribution in [1.29, 1.82) is 5.26 Å². The summed E-state index contributed by atoms with van der Waals surface area (Å²) in [6.45, 7) is 9.61. The van der Waals surface area contributed by atoms with Crippen LogP contribution in [0.15, 0.2) is 24.3 Å². The zero-order chi connectivity index (χ0) is 25.9. The largest absolute Gasteiger partial charge is 0.490 e. The van der Waals surface area contributed by atoms with Crippen molar-refractivity contribution >= 4 is 23.6 Å². The molecular formula is C26H37N3O5S. The molecule has 1 unspecified atom stereocenters. The molecule has 0 aliphatic rings. The lowest BCUT2D eigenvalue weighted by Crippen LogP contribution is -2.29. The summed E-state index contributed by atoms with van der Waals surface area (Å²) in [6.07, 6.45) is 2.00. The number of hydrogen-bond acceptors (Lipinski definition) is 7. The van der Waals surface area contributed by atoms with E-state index < -0.39 is 5.44 Å². The van der Waals surface area contributed by atoms with Gasteiger partial charge in [0.1, 0.15) is 24.4 Å². The number of benzene rings is 1. The molecule has 1 atom stereocenters. The summed E-state index contributed by atoms with van der Waals surface area (Å²) in [4.78, 5) is 24.0. The highest BCUT2D eigenvalue weighted by atomic mass is 32.2. The topological polar surface area (TPSA) is 110 Å². The van der Waals surface area contributed by atoms with Crippen molar-refractivity contribution in [1.82, 2.24) is 10.6 Å². The minimum atomic E-state index is -0.544. The van der Waals surface area contributed by atoms with E-state index in [0.717, 1.165) is 24.6 Å². The zero-order valence-electron chi connectivity index (χ0n) is 21.1. The van der Waals surface area contributed by atoms with E-state index in [1.165, 1.54) is 0 Å². The molecule has 2 amide bonds. The molecule has 0 aromatic heterocycles. The van der Waals surface area contributed by atoms with E-state index in [2.05, 4.69) is 36.3 Å². The molecule has 35 heavy (non-hydrogen) atoms. The van der Waals surface area contributed by atoms with Crippen LogP contribution in [-0.2, 0) is 14.3 Å². The van der Waals surface area contributed by atoms with Gasteiger partial charge >= 0.3 is 0 Å². The second-order valence-corrected chi connectivity index (χ2v) is 9.39. The average molecular weight is 504 g/mol. The van der Waals surface area contributed by atoms with Crippen molar-refractivity contribution in [3.63, 3.8) is 0 Å². The molecular weight excluding hydrogens is 466 g/mol. The van der Waals surface area contributed by atoms with Gasteiger partial charge in [0.25, 0.3) is 5.91 Å². The maximum Gasteiger partial charge on any atom is 0.251 e. The van der Waals surface area contributed by atoms with E-state index in [4.69, 9.17) is 19.5 Å². The highest BCUT2D eigenvalue weighted by Crippen LogP contribution is 2.17. The third-order valence-electron chi connectivity index (χ3n) is 4.44. The number of thioether (sulfide) groups is 1. The quantitative estimate of drug-likeness (QED) is 0.154. The number of amides is 2. The van der Waals surface area contributed by atoms with Gasteiger partial charge in [-0.3, -0.25) is 9.59 Å².